The summed E-state index contributed by atoms with van der Waals surface area (Å²) in [7, 11) is 0. The number of halogens is 2. The first kappa shape index (κ1) is 24.6. The fourth-order valence-corrected chi connectivity index (χ4v) is 5.27. The first-order valence-corrected chi connectivity index (χ1v) is 12.7. The summed E-state index contributed by atoms with van der Waals surface area (Å²) in [4.78, 5) is 33.4. The van der Waals surface area contributed by atoms with Crippen LogP contribution in [0, 0.1) is 16.0 Å². The number of piperidine rings is 1. The van der Waals surface area contributed by atoms with Crippen molar-refractivity contribution >= 4 is 40.5 Å². The minimum atomic E-state index is -0.582. The largest absolute Gasteiger partial charge is 0.342 e. The summed E-state index contributed by atoms with van der Waals surface area (Å²) >= 11 is 12.3. The van der Waals surface area contributed by atoms with Crippen LogP contribution in [0.4, 0.5) is 11.4 Å². The quantitative estimate of drug-likeness (QED) is 0.271. The summed E-state index contributed by atoms with van der Waals surface area (Å²) in [6.45, 7) is 1.41. The third-order valence-electron chi connectivity index (χ3n) is 6.82. The van der Waals surface area contributed by atoms with E-state index in [4.69, 9.17) is 28.0 Å². The Labute approximate surface area is 219 Å². The van der Waals surface area contributed by atoms with Crippen LogP contribution in [-0.4, -0.2) is 28.8 Å². The fourth-order valence-electron chi connectivity index (χ4n) is 5.02. The van der Waals surface area contributed by atoms with Crippen LogP contribution < -0.4 is 5.06 Å². The van der Waals surface area contributed by atoms with Gasteiger partial charge in [-0.15, -0.1) is 0 Å². The van der Waals surface area contributed by atoms with Crippen LogP contribution in [0.5, 0.6) is 0 Å². The summed E-state index contributed by atoms with van der Waals surface area (Å²) in [5.74, 6) is -0.573. The van der Waals surface area contributed by atoms with Gasteiger partial charge in [0.05, 0.1) is 22.6 Å². The predicted octanol–water partition coefficient (Wildman–Crippen LogP) is 6.76. The van der Waals surface area contributed by atoms with E-state index in [1.54, 1.807) is 41.5 Å². The first-order chi connectivity index (χ1) is 17.4. The van der Waals surface area contributed by atoms with Crippen molar-refractivity contribution in [1.29, 1.82) is 0 Å². The van der Waals surface area contributed by atoms with Gasteiger partial charge in [0.15, 0.2) is 0 Å². The molecule has 9 heteroatoms. The van der Waals surface area contributed by atoms with Gasteiger partial charge in [0.25, 0.3) is 5.69 Å². The number of carbonyl (C=O) groups excluding carboxylic acids is 1. The number of nitro groups is 1. The zero-order chi connectivity index (χ0) is 25.2. The molecule has 5 rings (SSSR count). The molecular weight excluding hydrogens is 501 g/mol. The number of hydrogen-bond acceptors (Lipinski definition) is 5. The molecule has 2 aliphatic heterocycles. The summed E-state index contributed by atoms with van der Waals surface area (Å²) in [6, 6.07) is 20.4. The Morgan fingerprint density at radius 3 is 1.97 bits per heavy atom. The van der Waals surface area contributed by atoms with Crippen molar-refractivity contribution in [3.63, 3.8) is 0 Å². The van der Waals surface area contributed by atoms with E-state index in [1.165, 1.54) is 12.1 Å². The molecule has 0 aromatic heterocycles. The molecule has 0 N–H and O–H groups in total. The predicted molar refractivity (Wildman–Crippen MR) is 139 cm³/mol. The van der Waals surface area contributed by atoms with Gasteiger partial charge < -0.3 is 4.90 Å². The normalized spacial score (nSPS) is 22.0. The van der Waals surface area contributed by atoms with Crippen molar-refractivity contribution in [3.05, 3.63) is 104 Å². The summed E-state index contributed by atoms with van der Waals surface area (Å²) in [6.07, 6.45) is 2.46. The number of carbonyl (C=O) groups is 1. The Balaban J connectivity index is 1.63. The number of likely N-dealkylation sites (tertiary alicyclic amines) is 1. The number of amides is 1. The Hall–Kier alpha value is -3.13. The minimum absolute atomic E-state index is 0.00877. The lowest BCUT2D eigenvalue weighted by atomic mass is 9.84. The van der Waals surface area contributed by atoms with E-state index in [0.29, 0.717) is 23.1 Å². The fraction of sp³-hybridized carbons (Fsp3) is 0.296. The number of hydrogen-bond donors (Lipinski definition) is 0. The van der Waals surface area contributed by atoms with Crippen LogP contribution in [0.2, 0.25) is 10.0 Å². The average molecular weight is 526 g/mol. The second-order valence-electron chi connectivity index (χ2n) is 9.08. The molecule has 2 saturated heterocycles. The van der Waals surface area contributed by atoms with Gasteiger partial charge in [0, 0.05) is 35.3 Å². The van der Waals surface area contributed by atoms with Gasteiger partial charge in [-0.05, 0) is 66.8 Å². The monoisotopic (exact) mass is 525 g/mol. The number of anilines is 1. The topological polar surface area (TPSA) is 75.9 Å². The third-order valence-corrected chi connectivity index (χ3v) is 7.33. The van der Waals surface area contributed by atoms with Crippen LogP contribution >= 0.6 is 23.2 Å². The van der Waals surface area contributed by atoms with Crippen LogP contribution in [0.25, 0.3) is 0 Å². The molecule has 36 heavy (non-hydrogen) atoms. The highest BCUT2D eigenvalue weighted by Gasteiger charge is 2.50. The maximum Gasteiger partial charge on any atom is 0.269 e. The second kappa shape index (κ2) is 10.5. The maximum absolute atomic E-state index is 14.1. The summed E-state index contributed by atoms with van der Waals surface area (Å²) < 4.78 is 0. The van der Waals surface area contributed by atoms with E-state index in [9.17, 15) is 14.9 Å². The molecule has 0 unspecified atom stereocenters. The van der Waals surface area contributed by atoms with Crippen LogP contribution in [-0.2, 0) is 9.63 Å². The summed E-state index contributed by atoms with van der Waals surface area (Å²) in [5.41, 5.74) is 2.31. The standard InChI is InChI=1S/C27H25Cl2N3O4/c28-20-8-4-19(5-9-20)26-24(27(33)30-16-2-1-3-17-30)25(18-6-12-23(13-7-18)32(34)35)31(36-26)22-14-10-21(29)11-15-22/h4-15,24-26H,1-3,16-17H2/t24-,25-,26+/m1/s1. The molecule has 2 fully saturated rings. The number of benzene rings is 3. The molecule has 0 aliphatic carbocycles. The van der Waals surface area contributed by atoms with Crippen molar-refractivity contribution in [2.75, 3.05) is 18.2 Å². The highest BCUT2D eigenvalue weighted by molar-refractivity contribution is 6.30. The van der Waals surface area contributed by atoms with E-state index in [-0.39, 0.29) is 11.6 Å². The molecule has 3 aromatic carbocycles. The molecule has 2 aliphatic rings. The summed E-state index contributed by atoms with van der Waals surface area (Å²) in [5, 5.41) is 14.2. The Morgan fingerprint density at radius 2 is 1.39 bits per heavy atom. The van der Waals surface area contributed by atoms with Crippen LogP contribution in [0.3, 0.4) is 0 Å². The van der Waals surface area contributed by atoms with E-state index < -0.39 is 23.0 Å². The molecule has 0 bridgehead atoms. The molecule has 1 amide bonds. The zero-order valence-electron chi connectivity index (χ0n) is 19.4. The van der Waals surface area contributed by atoms with Crippen molar-refractivity contribution in [2.24, 2.45) is 5.92 Å². The van der Waals surface area contributed by atoms with Crippen molar-refractivity contribution < 1.29 is 14.6 Å². The molecule has 3 atom stereocenters. The smallest absolute Gasteiger partial charge is 0.269 e. The van der Waals surface area contributed by atoms with E-state index in [1.807, 2.05) is 29.2 Å². The van der Waals surface area contributed by atoms with Crippen molar-refractivity contribution in [3.8, 4) is 0 Å². The number of non-ortho nitro benzene ring substituents is 1. The zero-order valence-corrected chi connectivity index (χ0v) is 20.9. The van der Waals surface area contributed by atoms with E-state index in [0.717, 1.165) is 36.1 Å². The Morgan fingerprint density at radius 1 is 0.833 bits per heavy atom. The Kier molecular flexibility index (Phi) is 7.14. The first-order valence-electron chi connectivity index (χ1n) is 11.9. The lowest BCUT2D eigenvalue weighted by Crippen LogP contribution is -2.42. The van der Waals surface area contributed by atoms with Gasteiger partial charge in [-0.25, -0.2) is 5.06 Å². The van der Waals surface area contributed by atoms with E-state index in [2.05, 4.69) is 0 Å². The number of nitrogens with zero attached hydrogens (tertiary/aromatic N) is 3. The molecule has 2 heterocycles. The molecule has 7 nitrogen and oxygen atoms in total. The van der Waals surface area contributed by atoms with Crippen LogP contribution in [0.1, 0.15) is 42.5 Å². The van der Waals surface area contributed by atoms with Crippen LogP contribution in [0.15, 0.2) is 72.8 Å². The van der Waals surface area contributed by atoms with Gasteiger partial charge >= 0.3 is 0 Å². The maximum atomic E-state index is 14.1. The number of hydroxylamine groups is 1. The van der Waals surface area contributed by atoms with Gasteiger partial charge in [-0.3, -0.25) is 19.7 Å². The SMILES string of the molecule is O=C([C@@H]1[C@@H](c2ccc([N+](=O)[O-])cc2)N(c2ccc(Cl)cc2)O[C@H]1c1ccc(Cl)cc1)N1CCCCC1. The highest BCUT2D eigenvalue weighted by atomic mass is 35.5. The molecule has 186 valence electrons. The van der Waals surface area contributed by atoms with Gasteiger partial charge in [-0.2, -0.15) is 0 Å². The van der Waals surface area contributed by atoms with Crippen molar-refractivity contribution in [2.45, 2.75) is 31.4 Å². The third kappa shape index (κ3) is 4.91. The Bertz CT molecular complexity index is 1230. The number of nitro benzene ring substituents is 1. The van der Waals surface area contributed by atoms with Gasteiger partial charge in [0.1, 0.15) is 6.10 Å². The van der Waals surface area contributed by atoms with Gasteiger partial charge in [0.2, 0.25) is 5.91 Å². The minimum Gasteiger partial charge on any atom is -0.342 e. The molecule has 0 radical (unpaired) electrons. The lowest BCUT2D eigenvalue weighted by molar-refractivity contribution is -0.384. The second-order valence-corrected chi connectivity index (χ2v) is 9.96. The van der Waals surface area contributed by atoms with Gasteiger partial charge in [-0.1, -0.05) is 47.5 Å². The molecule has 3 aromatic rings. The highest BCUT2D eigenvalue weighted by Crippen LogP contribution is 2.50. The average Bonchev–Trinajstić information content (AvgIpc) is 3.30. The molecule has 0 spiro atoms. The molecular formula is C27H25Cl2N3O4. The number of rotatable bonds is 5. The lowest BCUT2D eigenvalue weighted by Gasteiger charge is -2.33. The molecule has 0 saturated carbocycles. The van der Waals surface area contributed by atoms with Crippen molar-refractivity contribution in [1.82, 2.24) is 4.90 Å². The van der Waals surface area contributed by atoms with E-state index >= 15 is 0 Å².